The van der Waals surface area contributed by atoms with Crippen LogP contribution in [-0.4, -0.2) is 41.7 Å². The summed E-state index contributed by atoms with van der Waals surface area (Å²) in [6, 6.07) is 7.49. The third-order valence-corrected chi connectivity index (χ3v) is 2.85. The molecule has 0 heterocycles. The van der Waals surface area contributed by atoms with Gasteiger partial charge in [0.25, 0.3) is 0 Å². The number of carbonyl (C=O) groups is 1. The fourth-order valence-electron chi connectivity index (χ4n) is 1.97. The van der Waals surface area contributed by atoms with E-state index in [2.05, 4.69) is 0 Å². The van der Waals surface area contributed by atoms with E-state index in [9.17, 15) is 9.90 Å². The van der Waals surface area contributed by atoms with Crippen LogP contribution in [0.15, 0.2) is 24.3 Å². The van der Waals surface area contributed by atoms with Gasteiger partial charge in [-0.15, -0.1) is 0 Å². The molecule has 4 nitrogen and oxygen atoms in total. The van der Waals surface area contributed by atoms with Gasteiger partial charge in [-0.3, -0.25) is 4.79 Å². The van der Waals surface area contributed by atoms with Gasteiger partial charge in [-0.25, -0.2) is 0 Å². The van der Waals surface area contributed by atoms with Crippen LogP contribution in [0, 0.1) is 0 Å². The zero-order valence-electron chi connectivity index (χ0n) is 12.1. The Morgan fingerprint density at radius 1 is 1.37 bits per heavy atom. The minimum absolute atomic E-state index is 0.00544. The van der Waals surface area contributed by atoms with E-state index in [-0.39, 0.29) is 12.3 Å². The smallest absolute Gasteiger partial charge is 0.227 e. The van der Waals surface area contributed by atoms with Crippen LogP contribution in [0.3, 0.4) is 0 Å². The minimum Gasteiger partial charge on any atom is -0.496 e. The van der Waals surface area contributed by atoms with Gasteiger partial charge in [-0.2, -0.15) is 0 Å². The molecule has 19 heavy (non-hydrogen) atoms. The number of nitrogens with zero attached hydrogens (tertiary/aromatic N) is 1. The third kappa shape index (κ3) is 4.91. The van der Waals surface area contributed by atoms with E-state index in [1.165, 1.54) is 0 Å². The second-order valence-electron chi connectivity index (χ2n) is 5.21. The molecule has 0 saturated heterocycles. The van der Waals surface area contributed by atoms with Crippen molar-refractivity contribution in [2.45, 2.75) is 32.8 Å². The van der Waals surface area contributed by atoms with Crippen molar-refractivity contribution in [3.05, 3.63) is 29.8 Å². The van der Waals surface area contributed by atoms with E-state index >= 15 is 0 Å². The summed E-state index contributed by atoms with van der Waals surface area (Å²) < 4.78 is 5.24. The Morgan fingerprint density at radius 3 is 2.53 bits per heavy atom. The van der Waals surface area contributed by atoms with Gasteiger partial charge in [0.05, 0.1) is 19.1 Å². The van der Waals surface area contributed by atoms with Crippen LogP contribution in [-0.2, 0) is 11.2 Å². The summed E-state index contributed by atoms with van der Waals surface area (Å²) in [4.78, 5) is 13.9. The summed E-state index contributed by atoms with van der Waals surface area (Å²) in [7, 11) is 1.59. The Bertz CT molecular complexity index is 424. The molecule has 0 aliphatic carbocycles. The average molecular weight is 265 g/mol. The predicted octanol–water partition coefficient (Wildman–Crippen LogP) is 1.86. The van der Waals surface area contributed by atoms with Crippen LogP contribution in [0.2, 0.25) is 0 Å². The maximum atomic E-state index is 12.2. The van der Waals surface area contributed by atoms with E-state index in [1.54, 1.807) is 25.9 Å². The number of hydrogen-bond acceptors (Lipinski definition) is 3. The number of hydrogen-bond donors (Lipinski definition) is 1. The molecule has 0 saturated carbocycles. The van der Waals surface area contributed by atoms with Crippen LogP contribution >= 0.6 is 0 Å². The Labute approximate surface area is 115 Å². The molecule has 4 heteroatoms. The van der Waals surface area contributed by atoms with E-state index < -0.39 is 5.60 Å². The zero-order chi connectivity index (χ0) is 14.5. The first-order chi connectivity index (χ1) is 8.87. The van der Waals surface area contributed by atoms with Gasteiger partial charge in [0.1, 0.15) is 5.75 Å². The second-order valence-corrected chi connectivity index (χ2v) is 5.21. The van der Waals surface area contributed by atoms with Crippen molar-refractivity contribution < 1.29 is 14.6 Å². The number of amides is 1. The van der Waals surface area contributed by atoms with Crippen LogP contribution < -0.4 is 4.74 Å². The van der Waals surface area contributed by atoms with Gasteiger partial charge in [0.15, 0.2) is 0 Å². The lowest BCUT2D eigenvalue weighted by atomic mass is 10.1. The number of carbonyl (C=O) groups excluding carboxylic acids is 1. The molecule has 1 rings (SSSR count). The molecular formula is C15H23NO3. The lowest BCUT2D eigenvalue weighted by molar-refractivity contribution is -0.133. The van der Waals surface area contributed by atoms with Gasteiger partial charge in [0, 0.05) is 18.7 Å². The van der Waals surface area contributed by atoms with Crippen molar-refractivity contribution >= 4 is 5.91 Å². The van der Waals surface area contributed by atoms with Crippen molar-refractivity contribution in [3.63, 3.8) is 0 Å². The first kappa shape index (κ1) is 15.5. The van der Waals surface area contributed by atoms with Crippen molar-refractivity contribution in [2.24, 2.45) is 0 Å². The molecule has 1 amide bonds. The lowest BCUT2D eigenvalue weighted by Crippen LogP contribution is -2.42. The Kier molecular flexibility index (Phi) is 5.36. The van der Waals surface area contributed by atoms with Crippen molar-refractivity contribution in [3.8, 4) is 5.75 Å². The SMILES string of the molecule is CCN(CC(C)(C)O)C(=O)Cc1ccccc1OC. The van der Waals surface area contributed by atoms with Gasteiger partial charge >= 0.3 is 0 Å². The highest BCUT2D eigenvalue weighted by atomic mass is 16.5. The lowest BCUT2D eigenvalue weighted by Gasteiger charge is -2.28. The normalized spacial score (nSPS) is 11.2. The summed E-state index contributed by atoms with van der Waals surface area (Å²) in [6.07, 6.45) is 0.286. The van der Waals surface area contributed by atoms with Crippen LogP contribution in [0.4, 0.5) is 0 Å². The highest BCUT2D eigenvalue weighted by Crippen LogP contribution is 2.19. The first-order valence-electron chi connectivity index (χ1n) is 6.49. The topological polar surface area (TPSA) is 49.8 Å². The molecule has 0 atom stereocenters. The number of benzene rings is 1. The molecule has 1 N–H and O–H groups in total. The maximum absolute atomic E-state index is 12.2. The summed E-state index contributed by atoms with van der Waals surface area (Å²) in [5.41, 5.74) is -0.0175. The number of aliphatic hydroxyl groups is 1. The van der Waals surface area contributed by atoms with Crippen LogP contribution in [0.5, 0.6) is 5.75 Å². The molecular weight excluding hydrogens is 242 g/mol. The van der Waals surface area contributed by atoms with E-state index in [1.807, 2.05) is 31.2 Å². The highest BCUT2D eigenvalue weighted by Gasteiger charge is 2.21. The Hall–Kier alpha value is -1.55. The summed E-state index contributed by atoms with van der Waals surface area (Å²) in [5.74, 6) is 0.712. The van der Waals surface area contributed by atoms with Crippen molar-refractivity contribution in [1.29, 1.82) is 0 Å². The van der Waals surface area contributed by atoms with Crippen molar-refractivity contribution in [2.75, 3.05) is 20.2 Å². The molecule has 0 aliphatic rings. The quantitative estimate of drug-likeness (QED) is 0.854. The first-order valence-corrected chi connectivity index (χ1v) is 6.49. The fraction of sp³-hybridized carbons (Fsp3) is 0.533. The maximum Gasteiger partial charge on any atom is 0.227 e. The molecule has 0 bridgehead atoms. The third-order valence-electron chi connectivity index (χ3n) is 2.85. The average Bonchev–Trinajstić information content (AvgIpc) is 2.35. The van der Waals surface area contributed by atoms with E-state index in [0.29, 0.717) is 13.1 Å². The zero-order valence-corrected chi connectivity index (χ0v) is 12.1. The van der Waals surface area contributed by atoms with Crippen molar-refractivity contribution in [1.82, 2.24) is 4.90 Å². The molecule has 1 aromatic carbocycles. The van der Waals surface area contributed by atoms with E-state index in [0.717, 1.165) is 11.3 Å². The molecule has 0 radical (unpaired) electrons. The number of rotatable bonds is 6. The fourth-order valence-corrected chi connectivity index (χ4v) is 1.97. The molecule has 1 aromatic rings. The highest BCUT2D eigenvalue weighted by molar-refractivity contribution is 5.79. The standard InChI is InChI=1S/C15H23NO3/c1-5-16(11-15(2,3)18)14(17)10-12-8-6-7-9-13(12)19-4/h6-9,18H,5,10-11H2,1-4H3. The second kappa shape index (κ2) is 6.57. The summed E-state index contributed by atoms with van der Waals surface area (Å²) >= 11 is 0. The van der Waals surface area contributed by atoms with E-state index in [4.69, 9.17) is 4.74 Å². The van der Waals surface area contributed by atoms with Crippen LogP contribution in [0.25, 0.3) is 0 Å². The monoisotopic (exact) mass is 265 g/mol. The Balaban J connectivity index is 2.77. The molecule has 0 fully saturated rings. The number of likely N-dealkylation sites (N-methyl/N-ethyl adjacent to an activating group) is 1. The number of para-hydroxylation sites is 1. The number of methoxy groups -OCH3 is 1. The Morgan fingerprint density at radius 2 is 2.00 bits per heavy atom. The molecule has 0 aliphatic heterocycles. The summed E-state index contributed by atoms with van der Waals surface area (Å²) in [6.45, 7) is 6.22. The molecule has 106 valence electrons. The van der Waals surface area contributed by atoms with Gasteiger partial charge in [-0.05, 0) is 26.8 Å². The van der Waals surface area contributed by atoms with Gasteiger partial charge in [-0.1, -0.05) is 18.2 Å². The van der Waals surface area contributed by atoms with Gasteiger partial charge < -0.3 is 14.7 Å². The number of ether oxygens (including phenoxy) is 1. The largest absolute Gasteiger partial charge is 0.496 e. The van der Waals surface area contributed by atoms with Crippen LogP contribution in [0.1, 0.15) is 26.3 Å². The van der Waals surface area contributed by atoms with Gasteiger partial charge in [0.2, 0.25) is 5.91 Å². The minimum atomic E-state index is -0.882. The predicted molar refractivity (Wildman–Crippen MR) is 75.2 cm³/mol. The molecule has 0 aromatic heterocycles. The molecule has 0 unspecified atom stereocenters. The molecule has 0 spiro atoms. The summed E-state index contributed by atoms with van der Waals surface area (Å²) in [5, 5.41) is 9.82.